The average molecular weight is 980 g/mol. The second-order valence-electron chi connectivity index (χ2n) is 17.0. The van der Waals surface area contributed by atoms with E-state index in [1.54, 1.807) is 5.32 Å². The van der Waals surface area contributed by atoms with Crippen LogP contribution in [0.3, 0.4) is 0 Å². The molecular weight excluding hydrogens is 903 g/mol. The van der Waals surface area contributed by atoms with Crippen molar-refractivity contribution >= 4 is 53.7 Å². The normalized spacial score (nSPS) is 15.1. The summed E-state index contributed by atoms with van der Waals surface area (Å²) in [6, 6.07) is 0. The Morgan fingerprint density at radius 3 is 1.62 bits per heavy atom. The Labute approximate surface area is 398 Å². The molecule has 25 heteroatoms. The summed E-state index contributed by atoms with van der Waals surface area (Å²) in [5, 5.41) is 32.8. The number of carboxylic acids is 3. The molecule has 25 nitrogen and oxygen atoms in total. The molecule has 0 bridgehead atoms. The molecule has 1 rings (SSSR count). The van der Waals surface area contributed by atoms with Gasteiger partial charge in [-0.2, -0.15) is 0 Å². The first-order valence-electron chi connectivity index (χ1n) is 22.5. The largest absolute Gasteiger partial charge is 0.481 e. The molecule has 1 aliphatic rings. The number of hydrogen-bond acceptors (Lipinski definition) is 19. The van der Waals surface area contributed by atoms with Crippen molar-refractivity contribution in [1.82, 2.24) is 35.6 Å². The number of carbonyl (C=O) groups is 9. The Morgan fingerprint density at radius 2 is 1.15 bits per heavy atom. The zero-order chi connectivity index (χ0) is 51.7. The van der Waals surface area contributed by atoms with Crippen molar-refractivity contribution in [3.8, 4) is 0 Å². The van der Waals surface area contributed by atoms with Crippen molar-refractivity contribution < 1.29 is 86.9 Å². The molecule has 1 aliphatic heterocycles. The van der Waals surface area contributed by atoms with E-state index in [2.05, 4.69) is 22.3 Å². The van der Waals surface area contributed by atoms with Gasteiger partial charge in [0, 0.05) is 91.6 Å². The van der Waals surface area contributed by atoms with Crippen LogP contribution >= 0.6 is 0 Å². The monoisotopic (exact) mass is 980 g/mol. The fraction of sp³-hybridized carbons (Fsp3) is 0.791. The number of carboxylic acid groups (broad SMARTS) is 3. The Hall–Kier alpha value is -5.21. The van der Waals surface area contributed by atoms with E-state index in [9.17, 15) is 43.2 Å². The highest BCUT2D eigenvalue weighted by molar-refractivity contribution is 5.80. The smallest absolute Gasteiger partial charge is 0.408 e. The van der Waals surface area contributed by atoms with E-state index < -0.39 is 66.7 Å². The van der Waals surface area contributed by atoms with E-state index in [0.717, 1.165) is 12.8 Å². The molecule has 6 N–H and O–H groups in total. The molecule has 3 amide bonds. The highest BCUT2D eigenvalue weighted by atomic mass is 16.6. The zero-order valence-corrected chi connectivity index (χ0v) is 41.1. The molecule has 1 fully saturated rings. The first kappa shape index (κ1) is 62.8. The molecule has 0 saturated carbocycles. The minimum absolute atomic E-state index is 0.0123. The van der Waals surface area contributed by atoms with Gasteiger partial charge in [-0.15, -0.1) is 0 Å². The molecule has 68 heavy (non-hydrogen) atoms. The van der Waals surface area contributed by atoms with Crippen LogP contribution in [-0.2, 0) is 66.8 Å². The maximum absolute atomic E-state index is 13.2. The van der Waals surface area contributed by atoms with Gasteiger partial charge in [-0.1, -0.05) is 13.3 Å². The minimum atomic E-state index is -1.63. The molecule has 1 unspecified atom stereocenters. The van der Waals surface area contributed by atoms with E-state index in [0.29, 0.717) is 91.5 Å². The summed E-state index contributed by atoms with van der Waals surface area (Å²) in [7, 11) is 2.68. The predicted molar refractivity (Wildman–Crippen MR) is 242 cm³/mol. The summed E-state index contributed by atoms with van der Waals surface area (Å²) < 4.78 is 31.5. The third-order valence-electron chi connectivity index (χ3n) is 10.0. The van der Waals surface area contributed by atoms with Crippen molar-refractivity contribution in [3.63, 3.8) is 0 Å². The van der Waals surface area contributed by atoms with Gasteiger partial charge in [-0.25, -0.2) is 9.59 Å². The quantitative estimate of drug-likeness (QED) is 0.0330. The van der Waals surface area contributed by atoms with Crippen LogP contribution in [0.4, 0.5) is 4.79 Å². The molecule has 0 aromatic carbocycles. The fourth-order valence-corrected chi connectivity index (χ4v) is 5.84. The van der Waals surface area contributed by atoms with Crippen LogP contribution in [0.1, 0.15) is 80.1 Å². The molecule has 1 heterocycles. The van der Waals surface area contributed by atoms with E-state index in [-0.39, 0.29) is 50.1 Å². The van der Waals surface area contributed by atoms with Crippen LogP contribution in [0.5, 0.6) is 0 Å². The van der Waals surface area contributed by atoms with E-state index in [4.69, 9.17) is 39.0 Å². The zero-order valence-electron chi connectivity index (χ0n) is 41.1. The predicted octanol–water partition coefficient (Wildman–Crippen LogP) is -0.407. The Morgan fingerprint density at radius 1 is 0.632 bits per heavy atom. The number of alkyl carbamates (subject to hydrolysis) is 1. The van der Waals surface area contributed by atoms with E-state index in [1.165, 1.54) is 21.1 Å². The van der Waals surface area contributed by atoms with Gasteiger partial charge in [0.2, 0.25) is 17.9 Å². The first-order chi connectivity index (χ1) is 31.9. The first-order valence-corrected chi connectivity index (χ1v) is 22.5. The number of amides is 3. The molecule has 1 atom stereocenters. The van der Waals surface area contributed by atoms with Gasteiger partial charge in [0.25, 0.3) is 0 Å². The van der Waals surface area contributed by atoms with Crippen LogP contribution in [0.25, 0.3) is 0 Å². The van der Waals surface area contributed by atoms with Gasteiger partial charge >= 0.3 is 41.9 Å². The Kier molecular flexibility index (Phi) is 32.3. The van der Waals surface area contributed by atoms with Gasteiger partial charge in [0.1, 0.15) is 13.3 Å². The van der Waals surface area contributed by atoms with Gasteiger partial charge in [-0.3, -0.25) is 53.2 Å². The van der Waals surface area contributed by atoms with Gasteiger partial charge in [0.05, 0.1) is 58.3 Å². The summed E-state index contributed by atoms with van der Waals surface area (Å²) in [5.41, 5.74) is -1.12. The van der Waals surface area contributed by atoms with Crippen LogP contribution in [0, 0.1) is 0 Å². The van der Waals surface area contributed by atoms with Crippen molar-refractivity contribution in [1.29, 1.82) is 0 Å². The summed E-state index contributed by atoms with van der Waals surface area (Å²) in [6.07, 6.45) is -0.825. The lowest BCUT2D eigenvalue weighted by atomic mass is 10.1. The maximum Gasteiger partial charge on any atom is 0.408 e. The third kappa shape index (κ3) is 34.1. The van der Waals surface area contributed by atoms with Gasteiger partial charge in [-0.05, 0) is 40.5 Å². The molecular formula is C43H77N7O18. The van der Waals surface area contributed by atoms with Crippen LogP contribution in [-0.4, -0.2) is 232 Å². The Bertz CT molecular complexity index is 1580. The maximum atomic E-state index is 13.2. The number of unbranched alkanes of at least 4 members (excludes halogenated alkanes) is 1. The van der Waals surface area contributed by atoms with Crippen molar-refractivity contribution in [2.75, 3.05) is 126 Å². The van der Waals surface area contributed by atoms with E-state index in [1.807, 2.05) is 47.3 Å². The van der Waals surface area contributed by atoms with Crippen LogP contribution in [0.2, 0.25) is 0 Å². The second-order valence-corrected chi connectivity index (χ2v) is 17.0. The molecule has 0 radical (unpaired) electrons. The van der Waals surface area contributed by atoms with Crippen molar-refractivity contribution in [2.24, 2.45) is 0 Å². The van der Waals surface area contributed by atoms with Crippen LogP contribution in [0.15, 0.2) is 0 Å². The fourth-order valence-electron chi connectivity index (χ4n) is 5.84. The molecule has 392 valence electrons. The van der Waals surface area contributed by atoms with E-state index >= 15 is 0 Å². The standard InChI is InChI=1S/C35H66N6O10.C8H11NO8/c1-9-10-13-36-30(43)11-22-50-34(3,4)12-23-51-35(5,6)27-37-31(44)24-38-14-15-39(25-32(45)47-7)16-17-40(26-33(46)48-8)19-21-41(20-18-38)28-49-29(2)42;10-5(11)2-1-4(7(14)15)17-8(16)9-3-6(12)13/h9-28H2,1-8H3,(H,36,43)(H,37,44);4H,1-3H2,(H,9,16)(H,10,11)(H,12,13)(H,14,15). The van der Waals surface area contributed by atoms with Gasteiger partial charge < -0.3 is 59.7 Å². The molecule has 1 saturated heterocycles. The van der Waals surface area contributed by atoms with Crippen molar-refractivity contribution in [2.45, 2.75) is 97.4 Å². The molecule has 0 aliphatic carbocycles. The SMILES string of the molecule is CCCCNC(=O)CCOC(C)(C)CCOC(C)(C)CNC(=O)CN1CCN(COC(C)=O)CCN(CC(=O)OC)CCN(CC(=O)OC)CC1.O=C(O)CCC(OC(=O)NCC(=O)O)C(=O)O. The highest BCUT2D eigenvalue weighted by Gasteiger charge is 2.26. The van der Waals surface area contributed by atoms with Crippen molar-refractivity contribution in [3.05, 3.63) is 0 Å². The van der Waals surface area contributed by atoms with Crippen LogP contribution < -0.4 is 16.0 Å². The number of aliphatic carboxylic acids is 3. The highest BCUT2D eigenvalue weighted by Crippen LogP contribution is 2.18. The number of carbonyl (C=O) groups excluding carboxylic acids is 6. The molecule has 0 aromatic rings. The molecule has 0 aromatic heterocycles. The minimum Gasteiger partial charge on any atom is -0.481 e. The number of rotatable bonds is 28. The molecule has 0 spiro atoms. The number of ether oxygens (including phenoxy) is 6. The Balaban J connectivity index is 0.00000222. The number of methoxy groups -OCH3 is 2. The van der Waals surface area contributed by atoms with Gasteiger partial charge in [0.15, 0.2) is 0 Å². The summed E-state index contributed by atoms with van der Waals surface area (Å²) >= 11 is 0. The summed E-state index contributed by atoms with van der Waals surface area (Å²) in [4.78, 5) is 111. The number of nitrogens with zero attached hydrogens (tertiary/aromatic N) is 4. The third-order valence-corrected chi connectivity index (χ3v) is 10.0. The number of nitrogens with one attached hydrogen (secondary N) is 3. The average Bonchev–Trinajstić information content (AvgIpc) is 3.25. The lowest BCUT2D eigenvalue weighted by Gasteiger charge is -2.33. The number of hydrogen-bond donors (Lipinski definition) is 6. The summed E-state index contributed by atoms with van der Waals surface area (Å²) in [5.74, 6) is -5.38. The second kappa shape index (κ2) is 35.0. The lowest BCUT2D eigenvalue weighted by molar-refractivity contribution is -0.148. The summed E-state index contributed by atoms with van der Waals surface area (Å²) in [6.45, 7) is 16.5. The number of esters is 3. The topological polar surface area (TPSA) is 319 Å². The lowest BCUT2D eigenvalue weighted by Crippen LogP contribution is -2.50.